The number of nitrogens with zero attached hydrogens (tertiary/aromatic N) is 1. The summed E-state index contributed by atoms with van der Waals surface area (Å²) >= 11 is 0. The minimum atomic E-state index is -4.18. The molecule has 0 aliphatic carbocycles. The van der Waals surface area contributed by atoms with E-state index < -0.39 is 18.7 Å². The molecule has 4 nitrogen and oxygen atoms in total. The lowest BCUT2D eigenvalue weighted by Crippen LogP contribution is -2.48. The number of ether oxygens (including phenoxy) is 1. The highest BCUT2D eigenvalue weighted by Crippen LogP contribution is 2.22. The van der Waals surface area contributed by atoms with Crippen LogP contribution in [0.2, 0.25) is 0 Å². The Labute approximate surface area is 120 Å². The van der Waals surface area contributed by atoms with E-state index in [0.717, 1.165) is 5.56 Å². The molecule has 0 amide bonds. The molecule has 7 heteroatoms. The topological polar surface area (TPSA) is 41.6 Å². The molecular formula is C14H17F3N2O2. The van der Waals surface area contributed by atoms with Crippen molar-refractivity contribution in [3.05, 3.63) is 35.4 Å². The Balaban J connectivity index is 2.02. The third kappa shape index (κ3) is 4.44. The summed E-state index contributed by atoms with van der Waals surface area (Å²) in [6.07, 6.45) is -4.18. The van der Waals surface area contributed by atoms with Crippen molar-refractivity contribution in [3.8, 4) is 0 Å². The molecule has 1 aliphatic heterocycles. The van der Waals surface area contributed by atoms with Gasteiger partial charge < -0.3 is 10.1 Å². The van der Waals surface area contributed by atoms with E-state index in [1.165, 1.54) is 12.0 Å². The molecule has 1 saturated heterocycles. The van der Waals surface area contributed by atoms with Gasteiger partial charge in [-0.1, -0.05) is 12.1 Å². The van der Waals surface area contributed by atoms with Crippen molar-refractivity contribution in [3.63, 3.8) is 0 Å². The Morgan fingerprint density at radius 1 is 1.38 bits per heavy atom. The van der Waals surface area contributed by atoms with E-state index in [1.807, 2.05) is 0 Å². The number of alkyl halides is 3. The first-order valence-electron chi connectivity index (χ1n) is 6.60. The van der Waals surface area contributed by atoms with Crippen LogP contribution in [0, 0.1) is 0 Å². The number of esters is 1. The predicted octanol–water partition coefficient (Wildman–Crippen LogP) is 1.98. The molecule has 0 spiro atoms. The van der Waals surface area contributed by atoms with E-state index in [1.54, 1.807) is 24.3 Å². The summed E-state index contributed by atoms with van der Waals surface area (Å²) in [5.74, 6) is -0.433. The highest BCUT2D eigenvalue weighted by molar-refractivity contribution is 5.89. The molecule has 2 rings (SSSR count). The standard InChI is InChI=1S/C14H17F3N2O2/c1-21-13(20)11-4-2-10(3-5-11)12-8-19(7-6-18-12)9-14(15,16)17/h2-5,12,18H,6-9H2,1H3/t12-/m0/s1. The predicted molar refractivity (Wildman–Crippen MR) is 71.0 cm³/mol. The van der Waals surface area contributed by atoms with Crippen molar-refractivity contribution in [2.75, 3.05) is 33.3 Å². The van der Waals surface area contributed by atoms with Gasteiger partial charge in [0, 0.05) is 25.7 Å². The fourth-order valence-corrected chi connectivity index (χ4v) is 2.40. The van der Waals surface area contributed by atoms with Gasteiger partial charge in [0.05, 0.1) is 19.2 Å². The highest BCUT2D eigenvalue weighted by Gasteiger charge is 2.33. The molecule has 1 fully saturated rings. The Kier molecular flexibility index (Phi) is 4.84. The molecule has 0 aromatic heterocycles. The summed E-state index contributed by atoms with van der Waals surface area (Å²) < 4.78 is 41.9. The summed E-state index contributed by atoms with van der Waals surface area (Å²) in [6, 6.07) is 6.53. The van der Waals surface area contributed by atoms with Crippen molar-refractivity contribution >= 4 is 5.97 Å². The maximum absolute atomic E-state index is 12.4. The van der Waals surface area contributed by atoms with Crippen LogP contribution in [0.15, 0.2) is 24.3 Å². The number of carbonyl (C=O) groups excluding carboxylic acids is 1. The Morgan fingerprint density at radius 2 is 2.05 bits per heavy atom. The highest BCUT2D eigenvalue weighted by atomic mass is 19.4. The number of piperazine rings is 1. The van der Waals surface area contributed by atoms with Gasteiger partial charge in [0.25, 0.3) is 0 Å². The first-order valence-corrected chi connectivity index (χ1v) is 6.60. The fraction of sp³-hybridized carbons (Fsp3) is 0.500. The molecule has 1 aromatic rings. The molecule has 1 N–H and O–H groups in total. The van der Waals surface area contributed by atoms with E-state index in [4.69, 9.17) is 0 Å². The summed E-state index contributed by atoms with van der Waals surface area (Å²) in [5.41, 5.74) is 1.28. The Morgan fingerprint density at radius 3 is 2.62 bits per heavy atom. The quantitative estimate of drug-likeness (QED) is 0.867. The molecule has 0 bridgehead atoms. The molecular weight excluding hydrogens is 285 g/mol. The smallest absolute Gasteiger partial charge is 0.401 e. The molecule has 116 valence electrons. The third-order valence-corrected chi connectivity index (χ3v) is 3.40. The minimum absolute atomic E-state index is 0.173. The average Bonchev–Trinajstić information content (AvgIpc) is 2.45. The van der Waals surface area contributed by atoms with Gasteiger partial charge in [0.2, 0.25) is 0 Å². The zero-order valence-electron chi connectivity index (χ0n) is 11.6. The molecule has 21 heavy (non-hydrogen) atoms. The van der Waals surface area contributed by atoms with Crippen molar-refractivity contribution in [2.24, 2.45) is 0 Å². The van der Waals surface area contributed by atoms with Crippen molar-refractivity contribution in [1.82, 2.24) is 10.2 Å². The number of carbonyl (C=O) groups is 1. The lowest BCUT2D eigenvalue weighted by Gasteiger charge is -2.34. The molecule has 1 heterocycles. The number of nitrogens with one attached hydrogen (secondary N) is 1. The van der Waals surface area contributed by atoms with Crippen LogP contribution in [-0.2, 0) is 4.74 Å². The number of benzene rings is 1. The number of hydrogen-bond acceptors (Lipinski definition) is 4. The van der Waals surface area contributed by atoms with Crippen LogP contribution in [0.5, 0.6) is 0 Å². The van der Waals surface area contributed by atoms with E-state index in [9.17, 15) is 18.0 Å². The summed E-state index contributed by atoms with van der Waals surface area (Å²) in [6.45, 7) is 0.262. The first-order chi connectivity index (χ1) is 9.89. The monoisotopic (exact) mass is 302 g/mol. The molecule has 0 unspecified atom stereocenters. The largest absolute Gasteiger partial charge is 0.465 e. The van der Waals surface area contributed by atoms with E-state index >= 15 is 0 Å². The Bertz CT molecular complexity index is 488. The van der Waals surface area contributed by atoms with Gasteiger partial charge in [-0.25, -0.2) is 4.79 Å². The average molecular weight is 302 g/mol. The van der Waals surface area contributed by atoms with Gasteiger partial charge in [0.15, 0.2) is 0 Å². The molecule has 1 aliphatic rings. The Hall–Kier alpha value is -1.60. The fourth-order valence-electron chi connectivity index (χ4n) is 2.40. The lowest BCUT2D eigenvalue weighted by molar-refractivity contribution is -0.148. The summed E-state index contributed by atoms with van der Waals surface area (Å²) in [5, 5.41) is 3.19. The molecule has 0 radical (unpaired) electrons. The van der Waals surface area contributed by atoms with Crippen LogP contribution < -0.4 is 5.32 Å². The SMILES string of the molecule is COC(=O)c1ccc([C@@H]2CN(CC(F)(F)F)CCN2)cc1. The lowest BCUT2D eigenvalue weighted by atomic mass is 10.0. The summed E-state index contributed by atoms with van der Waals surface area (Å²) in [4.78, 5) is 12.7. The first kappa shape index (κ1) is 15.8. The van der Waals surface area contributed by atoms with E-state index in [0.29, 0.717) is 18.7 Å². The second kappa shape index (κ2) is 6.44. The van der Waals surface area contributed by atoms with Gasteiger partial charge in [-0.3, -0.25) is 4.90 Å². The zero-order chi connectivity index (χ0) is 15.5. The molecule has 0 saturated carbocycles. The van der Waals surface area contributed by atoms with Crippen molar-refractivity contribution in [2.45, 2.75) is 12.2 Å². The zero-order valence-corrected chi connectivity index (χ0v) is 11.6. The van der Waals surface area contributed by atoms with Crippen LogP contribution in [-0.4, -0.2) is 50.3 Å². The van der Waals surface area contributed by atoms with Crippen molar-refractivity contribution < 1.29 is 22.7 Å². The molecule has 1 atom stereocenters. The summed E-state index contributed by atoms with van der Waals surface area (Å²) in [7, 11) is 1.30. The van der Waals surface area contributed by atoms with Crippen LogP contribution in [0.3, 0.4) is 0 Å². The molecule has 1 aromatic carbocycles. The van der Waals surface area contributed by atoms with Crippen LogP contribution in [0.1, 0.15) is 22.0 Å². The second-order valence-corrected chi connectivity index (χ2v) is 4.97. The van der Waals surface area contributed by atoms with Gasteiger partial charge in [-0.15, -0.1) is 0 Å². The normalized spacial score (nSPS) is 20.3. The van der Waals surface area contributed by atoms with E-state index in [-0.39, 0.29) is 12.6 Å². The number of hydrogen-bond donors (Lipinski definition) is 1. The van der Waals surface area contributed by atoms with Crippen molar-refractivity contribution in [1.29, 1.82) is 0 Å². The maximum atomic E-state index is 12.4. The van der Waals surface area contributed by atoms with Gasteiger partial charge in [0.1, 0.15) is 0 Å². The maximum Gasteiger partial charge on any atom is 0.401 e. The van der Waals surface area contributed by atoms with Gasteiger partial charge >= 0.3 is 12.1 Å². The van der Waals surface area contributed by atoms with Gasteiger partial charge in [-0.05, 0) is 17.7 Å². The van der Waals surface area contributed by atoms with E-state index in [2.05, 4.69) is 10.1 Å². The van der Waals surface area contributed by atoms with Crippen LogP contribution in [0.25, 0.3) is 0 Å². The number of rotatable bonds is 3. The second-order valence-electron chi connectivity index (χ2n) is 4.97. The number of methoxy groups -OCH3 is 1. The van der Waals surface area contributed by atoms with Crippen LogP contribution >= 0.6 is 0 Å². The van der Waals surface area contributed by atoms with Crippen LogP contribution in [0.4, 0.5) is 13.2 Å². The number of halogens is 3. The third-order valence-electron chi connectivity index (χ3n) is 3.40. The van der Waals surface area contributed by atoms with Gasteiger partial charge in [-0.2, -0.15) is 13.2 Å². The minimum Gasteiger partial charge on any atom is -0.465 e.